The highest BCUT2D eigenvalue weighted by atomic mass is 31.2. The Balaban J connectivity index is 1.37. The number of hydrogen-bond donors (Lipinski definition) is 0. The Labute approximate surface area is 237 Å². The van der Waals surface area contributed by atoms with Crippen LogP contribution in [0.5, 0.6) is 0 Å². The molecule has 0 N–H and O–H groups in total. The Kier molecular flexibility index (Phi) is 4.63. The maximum Gasteiger partial charge on any atom is 0.172 e. The van der Waals surface area contributed by atoms with Crippen molar-refractivity contribution < 1.29 is 4.57 Å². The van der Waals surface area contributed by atoms with Crippen molar-refractivity contribution >= 4 is 66.4 Å². The molecule has 1 aliphatic heterocycles. The van der Waals surface area contributed by atoms with Crippen molar-refractivity contribution in [1.82, 2.24) is 4.57 Å². The summed E-state index contributed by atoms with van der Waals surface area (Å²) in [6.07, 6.45) is 0. The van der Waals surface area contributed by atoms with Crippen LogP contribution in [0.15, 0.2) is 146 Å². The highest BCUT2D eigenvalue weighted by molar-refractivity contribution is 7.86. The average Bonchev–Trinajstić information content (AvgIpc) is 3.49. The van der Waals surface area contributed by atoms with Gasteiger partial charge < -0.3 is 9.13 Å². The SMILES string of the molecule is O=P1(c2ccccc2)c2ccccc2-c2cc3c(cc21)c1ccccc1n3-c1ccc2cc3ccccc3cc2c1. The van der Waals surface area contributed by atoms with Crippen LogP contribution in [0.4, 0.5) is 0 Å². The van der Waals surface area contributed by atoms with Crippen molar-refractivity contribution in [2.24, 2.45) is 0 Å². The molecule has 192 valence electrons. The molecule has 1 aromatic heterocycles. The predicted molar refractivity (Wildman–Crippen MR) is 174 cm³/mol. The lowest BCUT2D eigenvalue weighted by atomic mass is 10.0. The van der Waals surface area contributed by atoms with Crippen LogP contribution in [-0.4, -0.2) is 4.57 Å². The minimum absolute atomic E-state index is 0.885. The molecule has 0 radical (unpaired) electrons. The molecule has 1 unspecified atom stereocenters. The van der Waals surface area contributed by atoms with Crippen LogP contribution < -0.4 is 15.9 Å². The third-order valence-corrected chi connectivity index (χ3v) is 11.9. The molecule has 7 aromatic carbocycles. The fraction of sp³-hybridized carbons (Fsp3) is 0. The molecule has 0 saturated carbocycles. The van der Waals surface area contributed by atoms with E-state index in [2.05, 4.69) is 108 Å². The minimum Gasteiger partial charge on any atom is -0.309 e. The topological polar surface area (TPSA) is 22.0 Å². The number of hydrogen-bond acceptors (Lipinski definition) is 1. The van der Waals surface area contributed by atoms with Crippen LogP contribution in [0.1, 0.15) is 0 Å². The van der Waals surface area contributed by atoms with Crippen LogP contribution >= 0.6 is 7.14 Å². The minimum atomic E-state index is -3.01. The van der Waals surface area contributed by atoms with E-state index in [0.29, 0.717) is 0 Å². The Morgan fingerprint density at radius 3 is 1.98 bits per heavy atom. The molecule has 8 aromatic rings. The number of benzene rings is 7. The first-order valence-corrected chi connectivity index (χ1v) is 15.7. The molecule has 0 fully saturated rings. The lowest BCUT2D eigenvalue weighted by Crippen LogP contribution is -2.20. The smallest absolute Gasteiger partial charge is 0.172 e. The monoisotopic (exact) mass is 541 g/mol. The molecule has 1 aliphatic rings. The van der Waals surface area contributed by atoms with Gasteiger partial charge in [-0.1, -0.05) is 103 Å². The molecule has 3 heteroatoms. The van der Waals surface area contributed by atoms with Gasteiger partial charge in [0.25, 0.3) is 0 Å². The summed E-state index contributed by atoms with van der Waals surface area (Å²) in [6, 6.07) is 51.1. The van der Waals surface area contributed by atoms with E-state index in [0.717, 1.165) is 49.1 Å². The van der Waals surface area contributed by atoms with Crippen LogP contribution in [-0.2, 0) is 4.57 Å². The first kappa shape index (κ1) is 22.9. The maximum absolute atomic E-state index is 15.2. The summed E-state index contributed by atoms with van der Waals surface area (Å²) < 4.78 is 17.5. The van der Waals surface area contributed by atoms with Crippen molar-refractivity contribution in [3.8, 4) is 16.8 Å². The Morgan fingerprint density at radius 2 is 1.12 bits per heavy atom. The molecule has 0 amide bonds. The summed E-state index contributed by atoms with van der Waals surface area (Å²) in [6.45, 7) is 0. The average molecular weight is 542 g/mol. The fourth-order valence-corrected chi connectivity index (χ4v) is 9.92. The van der Waals surface area contributed by atoms with E-state index < -0.39 is 7.14 Å². The van der Waals surface area contributed by atoms with E-state index in [4.69, 9.17) is 0 Å². The second kappa shape index (κ2) is 8.30. The van der Waals surface area contributed by atoms with Crippen molar-refractivity contribution in [3.05, 3.63) is 146 Å². The first-order chi connectivity index (χ1) is 20.2. The molecule has 9 rings (SSSR count). The van der Waals surface area contributed by atoms with Gasteiger partial charge in [-0.05, 0) is 75.1 Å². The fourth-order valence-electron chi connectivity index (χ4n) is 6.85. The molecular weight excluding hydrogens is 517 g/mol. The molecule has 0 saturated heterocycles. The molecular formula is C38H24NOP. The van der Waals surface area contributed by atoms with Gasteiger partial charge in [-0.2, -0.15) is 0 Å². The largest absolute Gasteiger partial charge is 0.309 e. The highest BCUT2D eigenvalue weighted by Crippen LogP contribution is 2.53. The predicted octanol–water partition coefficient (Wildman–Crippen LogP) is 8.71. The zero-order valence-corrected chi connectivity index (χ0v) is 23.1. The van der Waals surface area contributed by atoms with E-state index in [-0.39, 0.29) is 0 Å². The maximum atomic E-state index is 15.2. The van der Waals surface area contributed by atoms with Gasteiger partial charge in [-0.15, -0.1) is 0 Å². The number of para-hydroxylation sites is 1. The summed E-state index contributed by atoms with van der Waals surface area (Å²) in [4.78, 5) is 0. The molecule has 41 heavy (non-hydrogen) atoms. The summed E-state index contributed by atoms with van der Waals surface area (Å²) in [5.74, 6) is 0. The zero-order valence-electron chi connectivity index (χ0n) is 22.2. The van der Waals surface area contributed by atoms with E-state index in [1.807, 2.05) is 42.5 Å². The first-order valence-electron chi connectivity index (χ1n) is 14.0. The van der Waals surface area contributed by atoms with Crippen LogP contribution in [0.25, 0.3) is 60.2 Å². The normalized spacial score (nSPS) is 16.0. The van der Waals surface area contributed by atoms with E-state index in [9.17, 15) is 0 Å². The Morgan fingerprint density at radius 1 is 0.439 bits per heavy atom. The van der Waals surface area contributed by atoms with Crippen LogP contribution in [0.3, 0.4) is 0 Å². The van der Waals surface area contributed by atoms with Crippen molar-refractivity contribution in [2.45, 2.75) is 0 Å². The highest BCUT2D eigenvalue weighted by Gasteiger charge is 2.40. The quantitative estimate of drug-likeness (QED) is 0.158. The molecule has 0 bridgehead atoms. The van der Waals surface area contributed by atoms with Gasteiger partial charge in [0, 0.05) is 32.4 Å². The van der Waals surface area contributed by atoms with Crippen molar-refractivity contribution in [1.29, 1.82) is 0 Å². The zero-order chi connectivity index (χ0) is 27.1. The number of aromatic nitrogens is 1. The number of rotatable bonds is 2. The van der Waals surface area contributed by atoms with Gasteiger partial charge in [-0.25, -0.2) is 0 Å². The molecule has 2 nitrogen and oxygen atoms in total. The van der Waals surface area contributed by atoms with Gasteiger partial charge in [0.2, 0.25) is 0 Å². The number of nitrogens with zero attached hydrogens (tertiary/aromatic N) is 1. The van der Waals surface area contributed by atoms with Crippen LogP contribution in [0.2, 0.25) is 0 Å². The van der Waals surface area contributed by atoms with E-state index in [1.54, 1.807) is 0 Å². The molecule has 1 atom stereocenters. The van der Waals surface area contributed by atoms with Gasteiger partial charge >= 0.3 is 0 Å². The Hall–Kier alpha value is -4.91. The van der Waals surface area contributed by atoms with Crippen molar-refractivity contribution in [3.63, 3.8) is 0 Å². The third kappa shape index (κ3) is 3.11. The standard InChI is InChI=1S/C38H24NOP/c40-41(30-12-2-1-3-13-30)37-17-9-7-15-32(37)34-23-36-33(24-38(34)41)31-14-6-8-16-35(31)39(36)29-19-18-27-20-25-10-4-5-11-26(25)21-28(27)22-29/h1-24H. The summed E-state index contributed by atoms with van der Waals surface area (Å²) in [5.41, 5.74) is 5.53. The van der Waals surface area contributed by atoms with Crippen LogP contribution in [0, 0.1) is 0 Å². The Bertz CT molecular complexity index is 2400. The van der Waals surface area contributed by atoms with Crippen molar-refractivity contribution in [2.75, 3.05) is 0 Å². The molecule has 0 aliphatic carbocycles. The summed E-state index contributed by atoms with van der Waals surface area (Å²) in [5, 5.41) is 9.98. The second-order valence-electron chi connectivity index (χ2n) is 10.9. The van der Waals surface area contributed by atoms with E-state index >= 15 is 4.57 Å². The lowest BCUT2D eigenvalue weighted by Gasteiger charge is -2.16. The lowest BCUT2D eigenvalue weighted by molar-refractivity contribution is 0.593. The summed E-state index contributed by atoms with van der Waals surface area (Å²) >= 11 is 0. The van der Waals surface area contributed by atoms with E-state index in [1.165, 1.54) is 26.9 Å². The van der Waals surface area contributed by atoms with Gasteiger partial charge in [0.15, 0.2) is 7.14 Å². The summed E-state index contributed by atoms with van der Waals surface area (Å²) in [7, 11) is -3.01. The number of fused-ring (bicyclic) bond motifs is 8. The van der Waals surface area contributed by atoms with Gasteiger partial charge in [-0.3, -0.25) is 0 Å². The second-order valence-corrected chi connectivity index (χ2v) is 13.6. The molecule has 0 spiro atoms. The van der Waals surface area contributed by atoms with Gasteiger partial charge in [0.1, 0.15) is 0 Å². The molecule has 2 heterocycles. The van der Waals surface area contributed by atoms with Gasteiger partial charge in [0.05, 0.1) is 11.0 Å². The third-order valence-electron chi connectivity index (χ3n) is 8.73.